The van der Waals surface area contributed by atoms with Crippen molar-refractivity contribution in [3.8, 4) is 6.07 Å². The molecule has 4 nitrogen and oxygen atoms in total. The van der Waals surface area contributed by atoms with Crippen LogP contribution in [0, 0.1) is 11.3 Å². The van der Waals surface area contributed by atoms with E-state index in [9.17, 15) is 5.11 Å². The van der Waals surface area contributed by atoms with Gasteiger partial charge in [-0.1, -0.05) is 0 Å². The Balaban J connectivity index is 2.19. The third-order valence-corrected chi connectivity index (χ3v) is 3.56. The zero-order valence-electron chi connectivity index (χ0n) is 10.7. The predicted molar refractivity (Wildman–Crippen MR) is 72.3 cm³/mol. The van der Waals surface area contributed by atoms with Crippen molar-refractivity contribution < 1.29 is 5.11 Å². The molecule has 0 radical (unpaired) electrons. The van der Waals surface area contributed by atoms with Crippen molar-refractivity contribution in [3.63, 3.8) is 0 Å². The normalized spacial score (nSPS) is 24.4. The maximum Gasteiger partial charge on any atom is 0.0992 e. The van der Waals surface area contributed by atoms with E-state index in [0.717, 1.165) is 38.0 Å². The molecule has 0 amide bonds. The minimum Gasteiger partial charge on any atom is -0.397 e. The second-order valence-corrected chi connectivity index (χ2v) is 5.22. The van der Waals surface area contributed by atoms with Crippen molar-refractivity contribution in [3.05, 3.63) is 23.8 Å². The SMILES string of the molecule is CC1(O)CCCN(c2ccc(C#N)cc2N)CC1. The largest absolute Gasteiger partial charge is 0.397 e. The van der Waals surface area contributed by atoms with Gasteiger partial charge in [0.1, 0.15) is 0 Å². The van der Waals surface area contributed by atoms with Crippen molar-refractivity contribution >= 4 is 11.4 Å². The number of hydrogen-bond donors (Lipinski definition) is 2. The monoisotopic (exact) mass is 245 g/mol. The molecule has 1 unspecified atom stereocenters. The van der Waals surface area contributed by atoms with Crippen molar-refractivity contribution in [1.29, 1.82) is 5.26 Å². The van der Waals surface area contributed by atoms with Crippen molar-refractivity contribution in [2.75, 3.05) is 23.7 Å². The summed E-state index contributed by atoms with van der Waals surface area (Å²) in [6.07, 6.45) is 2.51. The summed E-state index contributed by atoms with van der Waals surface area (Å²) < 4.78 is 0. The molecule has 0 bridgehead atoms. The molecular formula is C14H19N3O. The molecule has 18 heavy (non-hydrogen) atoms. The minimum absolute atomic E-state index is 0.573. The Morgan fingerprint density at radius 1 is 1.39 bits per heavy atom. The van der Waals surface area contributed by atoms with Gasteiger partial charge in [0, 0.05) is 13.1 Å². The molecule has 1 fully saturated rings. The highest BCUT2D eigenvalue weighted by Crippen LogP contribution is 2.29. The summed E-state index contributed by atoms with van der Waals surface area (Å²) in [4.78, 5) is 2.19. The van der Waals surface area contributed by atoms with E-state index in [0.29, 0.717) is 11.3 Å². The van der Waals surface area contributed by atoms with Crippen LogP contribution in [0.3, 0.4) is 0 Å². The molecule has 0 aromatic heterocycles. The number of nitrogen functional groups attached to an aromatic ring is 1. The molecule has 0 spiro atoms. The fourth-order valence-electron chi connectivity index (χ4n) is 2.42. The van der Waals surface area contributed by atoms with E-state index in [1.807, 2.05) is 13.0 Å². The van der Waals surface area contributed by atoms with Crippen LogP contribution in [0.2, 0.25) is 0 Å². The van der Waals surface area contributed by atoms with Crippen molar-refractivity contribution in [1.82, 2.24) is 0 Å². The first-order valence-electron chi connectivity index (χ1n) is 6.29. The topological polar surface area (TPSA) is 73.3 Å². The number of rotatable bonds is 1. The van der Waals surface area contributed by atoms with Gasteiger partial charge in [0.2, 0.25) is 0 Å². The lowest BCUT2D eigenvalue weighted by molar-refractivity contribution is 0.0481. The molecule has 1 atom stereocenters. The van der Waals surface area contributed by atoms with Gasteiger partial charge in [-0.2, -0.15) is 5.26 Å². The van der Waals surface area contributed by atoms with E-state index >= 15 is 0 Å². The van der Waals surface area contributed by atoms with Gasteiger partial charge in [0.15, 0.2) is 0 Å². The Labute approximate surface area is 108 Å². The van der Waals surface area contributed by atoms with Crippen LogP contribution in [0.25, 0.3) is 0 Å². The van der Waals surface area contributed by atoms with Crippen LogP contribution in [-0.2, 0) is 0 Å². The Morgan fingerprint density at radius 2 is 2.17 bits per heavy atom. The molecule has 1 aromatic rings. The third-order valence-electron chi connectivity index (χ3n) is 3.56. The molecule has 1 saturated heterocycles. The van der Waals surface area contributed by atoms with Gasteiger partial charge in [-0.15, -0.1) is 0 Å². The maximum atomic E-state index is 10.1. The van der Waals surface area contributed by atoms with Crippen molar-refractivity contribution in [2.24, 2.45) is 0 Å². The molecule has 3 N–H and O–H groups in total. The number of nitrogens with zero attached hydrogens (tertiary/aromatic N) is 2. The number of nitrogens with two attached hydrogens (primary N) is 1. The molecule has 0 aliphatic carbocycles. The highest BCUT2D eigenvalue weighted by atomic mass is 16.3. The summed E-state index contributed by atoms with van der Waals surface area (Å²) in [7, 11) is 0. The summed E-state index contributed by atoms with van der Waals surface area (Å²) >= 11 is 0. The highest BCUT2D eigenvalue weighted by molar-refractivity contribution is 5.69. The van der Waals surface area contributed by atoms with E-state index in [1.54, 1.807) is 12.1 Å². The van der Waals surface area contributed by atoms with Gasteiger partial charge in [0.25, 0.3) is 0 Å². The molecule has 1 heterocycles. The van der Waals surface area contributed by atoms with Crippen molar-refractivity contribution in [2.45, 2.75) is 31.8 Å². The fraction of sp³-hybridized carbons (Fsp3) is 0.500. The number of hydrogen-bond acceptors (Lipinski definition) is 4. The first-order valence-corrected chi connectivity index (χ1v) is 6.29. The highest BCUT2D eigenvalue weighted by Gasteiger charge is 2.25. The predicted octanol–water partition coefficient (Wildman–Crippen LogP) is 1.88. The Kier molecular flexibility index (Phi) is 3.44. The third kappa shape index (κ3) is 2.74. The molecule has 1 aromatic carbocycles. The summed E-state index contributed by atoms with van der Waals surface area (Å²) in [5, 5.41) is 18.9. The minimum atomic E-state index is -0.573. The lowest BCUT2D eigenvalue weighted by atomic mass is 9.98. The van der Waals surface area contributed by atoms with E-state index in [2.05, 4.69) is 11.0 Å². The van der Waals surface area contributed by atoms with E-state index in [4.69, 9.17) is 11.0 Å². The zero-order valence-corrected chi connectivity index (χ0v) is 10.7. The van der Waals surface area contributed by atoms with E-state index in [1.165, 1.54) is 0 Å². The van der Waals surface area contributed by atoms with Crippen LogP contribution in [0.5, 0.6) is 0 Å². The molecular weight excluding hydrogens is 226 g/mol. The van der Waals surface area contributed by atoms with Crippen LogP contribution in [-0.4, -0.2) is 23.8 Å². The van der Waals surface area contributed by atoms with Gasteiger partial charge in [-0.25, -0.2) is 0 Å². The average Bonchev–Trinajstić information content (AvgIpc) is 2.50. The van der Waals surface area contributed by atoms with Crippen LogP contribution < -0.4 is 10.6 Å². The summed E-state index contributed by atoms with van der Waals surface area (Å²) in [6.45, 7) is 3.58. The smallest absolute Gasteiger partial charge is 0.0992 e. The summed E-state index contributed by atoms with van der Waals surface area (Å²) in [5.41, 5.74) is 7.60. The Morgan fingerprint density at radius 3 is 2.83 bits per heavy atom. The van der Waals surface area contributed by atoms with Crippen LogP contribution >= 0.6 is 0 Å². The van der Waals surface area contributed by atoms with E-state index < -0.39 is 5.60 Å². The lowest BCUT2D eigenvalue weighted by Crippen LogP contribution is -2.28. The lowest BCUT2D eigenvalue weighted by Gasteiger charge is -2.25. The molecule has 1 aliphatic heterocycles. The quantitative estimate of drug-likeness (QED) is 0.741. The average molecular weight is 245 g/mol. The summed E-state index contributed by atoms with van der Waals surface area (Å²) in [6, 6.07) is 7.47. The molecule has 0 saturated carbocycles. The van der Waals surface area contributed by atoms with Gasteiger partial charge >= 0.3 is 0 Å². The molecule has 2 rings (SSSR count). The number of benzene rings is 1. The first-order chi connectivity index (χ1) is 8.52. The van der Waals surface area contributed by atoms with Gasteiger partial charge in [-0.3, -0.25) is 0 Å². The molecule has 4 heteroatoms. The van der Waals surface area contributed by atoms with Gasteiger partial charge in [0.05, 0.1) is 28.6 Å². The van der Waals surface area contributed by atoms with Crippen LogP contribution in [0.15, 0.2) is 18.2 Å². The fourth-order valence-corrected chi connectivity index (χ4v) is 2.42. The zero-order chi connectivity index (χ0) is 13.2. The molecule has 96 valence electrons. The number of aliphatic hydroxyl groups is 1. The molecule has 1 aliphatic rings. The number of anilines is 2. The Hall–Kier alpha value is -1.73. The first kappa shape index (κ1) is 12.7. The second kappa shape index (κ2) is 4.87. The van der Waals surface area contributed by atoms with Crippen LogP contribution in [0.1, 0.15) is 31.7 Å². The maximum absolute atomic E-state index is 10.1. The van der Waals surface area contributed by atoms with E-state index in [-0.39, 0.29) is 0 Å². The summed E-state index contributed by atoms with van der Waals surface area (Å²) in [5.74, 6) is 0. The standard InChI is InChI=1S/C14H19N3O/c1-14(18)5-2-7-17(8-6-14)13-4-3-11(10-15)9-12(13)16/h3-4,9,18H,2,5-8,16H2,1H3. The number of nitriles is 1. The van der Waals surface area contributed by atoms with Gasteiger partial charge < -0.3 is 15.7 Å². The Bertz CT molecular complexity index is 476. The van der Waals surface area contributed by atoms with Gasteiger partial charge in [-0.05, 0) is 44.4 Å². The second-order valence-electron chi connectivity index (χ2n) is 5.22. The van der Waals surface area contributed by atoms with Crippen LogP contribution in [0.4, 0.5) is 11.4 Å².